The van der Waals surface area contributed by atoms with E-state index in [0.29, 0.717) is 19.3 Å². The Morgan fingerprint density at radius 1 is 0.547 bits per heavy atom. The molecule has 4 unspecified atom stereocenters. The largest absolute Gasteiger partial charge is 0.469 e. The molecule has 0 saturated heterocycles. The number of esters is 1. The van der Waals surface area contributed by atoms with Crippen LogP contribution in [0.2, 0.25) is 0 Å². The first kappa shape index (κ1) is 61.9. The molecule has 0 aromatic rings. The summed E-state index contributed by atoms with van der Waals surface area (Å²) in [5, 5.41) is 28.3. The van der Waals surface area contributed by atoms with Crippen molar-refractivity contribution in [2.45, 2.75) is 270 Å². The van der Waals surface area contributed by atoms with Crippen molar-refractivity contribution in [1.82, 2.24) is 16.0 Å². The minimum atomic E-state index is -4.82. The number of rotatable bonds is 47. The van der Waals surface area contributed by atoms with Crippen molar-refractivity contribution >= 4 is 31.5 Å². The predicted molar refractivity (Wildman–Crippen MR) is 256 cm³/mol. The molecule has 0 bridgehead atoms. The molecule has 14 nitrogen and oxygen atoms in total. The summed E-state index contributed by atoms with van der Waals surface area (Å²) in [5.41, 5.74) is 0. The Bertz CT molecular complexity index is 1190. The van der Waals surface area contributed by atoms with Gasteiger partial charge in [-0.05, 0) is 44.9 Å². The lowest BCUT2D eigenvalue weighted by molar-refractivity contribution is -0.151. The molecule has 0 radical (unpaired) electrons. The molecule has 0 heterocycles. The molecule has 0 aromatic carbocycles. The number of carbonyl (C=O) groups is 4. The van der Waals surface area contributed by atoms with Gasteiger partial charge in [0.05, 0.1) is 31.6 Å². The van der Waals surface area contributed by atoms with Crippen molar-refractivity contribution < 1.29 is 53.0 Å². The van der Waals surface area contributed by atoms with Crippen LogP contribution in [0.25, 0.3) is 0 Å². The van der Waals surface area contributed by atoms with Gasteiger partial charge < -0.3 is 40.7 Å². The topological polar surface area (TPSA) is 221 Å². The summed E-state index contributed by atoms with van der Waals surface area (Å²) in [7, 11) is -4.82. The van der Waals surface area contributed by atoms with E-state index in [4.69, 9.17) is 4.74 Å². The molecule has 0 saturated carbocycles. The van der Waals surface area contributed by atoms with Gasteiger partial charge in [0.15, 0.2) is 0 Å². The number of aliphatic hydroxyl groups is 2. The maximum atomic E-state index is 13.3. The van der Waals surface area contributed by atoms with Gasteiger partial charge in [0.1, 0.15) is 12.1 Å². The molecule has 7 N–H and O–H groups in total. The quantitative estimate of drug-likeness (QED) is 0.0173. The molecule has 4 atom stereocenters. The number of nitrogens with one attached hydrogen (secondary N) is 3. The van der Waals surface area contributed by atoms with Crippen molar-refractivity contribution in [2.75, 3.05) is 19.8 Å². The second-order valence-electron chi connectivity index (χ2n) is 18.1. The molecule has 0 fully saturated rings. The third-order valence-corrected chi connectivity index (χ3v) is 12.3. The van der Waals surface area contributed by atoms with Crippen molar-refractivity contribution in [2.24, 2.45) is 0 Å². The van der Waals surface area contributed by atoms with E-state index in [2.05, 4.69) is 41.2 Å². The van der Waals surface area contributed by atoms with Gasteiger partial charge in [0, 0.05) is 19.6 Å². The van der Waals surface area contributed by atoms with Crippen LogP contribution >= 0.6 is 7.82 Å². The highest BCUT2D eigenvalue weighted by molar-refractivity contribution is 7.46. The second kappa shape index (κ2) is 43.5. The number of carbonyl (C=O) groups excluding carboxylic acids is 4. The second-order valence-corrected chi connectivity index (χ2v) is 19.3. The molecular weight excluding hydrogens is 838 g/mol. The Hall–Kier alpha value is -2.09. The molecule has 0 aliphatic carbocycles. The van der Waals surface area contributed by atoms with Gasteiger partial charge >= 0.3 is 13.8 Å². The number of phosphoric ester groups is 1. The van der Waals surface area contributed by atoms with E-state index >= 15 is 0 Å². The molecule has 3 amide bonds. The highest BCUT2D eigenvalue weighted by Gasteiger charge is 2.25. The van der Waals surface area contributed by atoms with E-state index in [-0.39, 0.29) is 51.2 Å². The van der Waals surface area contributed by atoms with Crippen LogP contribution in [0.4, 0.5) is 0 Å². The smallest absolute Gasteiger partial charge is 0.462 e. The molecule has 64 heavy (non-hydrogen) atoms. The molecular formula is C49H96N3O11P. The van der Waals surface area contributed by atoms with Gasteiger partial charge in [0.25, 0.3) is 0 Å². The van der Waals surface area contributed by atoms with E-state index in [1.807, 2.05) is 0 Å². The van der Waals surface area contributed by atoms with E-state index in [0.717, 1.165) is 70.6 Å². The number of hydrogen-bond acceptors (Lipinski definition) is 9. The van der Waals surface area contributed by atoms with Gasteiger partial charge in [-0.3, -0.25) is 23.7 Å². The first-order valence-electron chi connectivity index (χ1n) is 25.9. The van der Waals surface area contributed by atoms with Crippen molar-refractivity contribution in [3.8, 4) is 0 Å². The zero-order valence-corrected chi connectivity index (χ0v) is 41.7. The summed E-state index contributed by atoms with van der Waals surface area (Å²) in [6.45, 7) is 5.90. The van der Waals surface area contributed by atoms with Crippen molar-refractivity contribution in [3.05, 3.63) is 0 Å². The zero-order chi connectivity index (χ0) is 47.5. The van der Waals surface area contributed by atoms with Gasteiger partial charge in [-0.2, -0.15) is 0 Å². The molecule has 0 aliphatic heterocycles. The van der Waals surface area contributed by atoms with E-state index in [9.17, 15) is 43.7 Å². The first-order valence-corrected chi connectivity index (χ1v) is 27.4. The minimum Gasteiger partial charge on any atom is -0.462 e. The SMILES string of the molecule is CCCCCCCCCCCC(=O)OC(CCCCCCCCCCC)CC(=O)NC(CCO)C(=O)NCCCC(COP(=O)(O)O)NC(=O)CC(O)CCCCCCCCCCC. The Labute approximate surface area is 389 Å². The summed E-state index contributed by atoms with van der Waals surface area (Å²) in [6, 6.07) is -1.83. The molecule has 0 rings (SSSR count). The fraction of sp³-hybridized carbons (Fsp3) is 0.918. The van der Waals surface area contributed by atoms with E-state index < -0.39 is 56.4 Å². The van der Waals surface area contributed by atoms with Crippen LogP contribution in [0, 0.1) is 0 Å². The van der Waals surface area contributed by atoms with Crippen LogP contribution in [-0.4, -0.2) is 87.7 Å². The molecule has 15 heteroatoms. The first-order chi connectivity index (χ1) is 30.8. The number of hydrogen-bond donors (Lipinski definition) is 7. The number of unbranched alkanes of at least 4 members (excludes halogenated alkanes) is 24. The average Bonchev–Trinajstić information content (AvgIpc) is 3.24. The third-order valence-electron chi connectivity index (χ3n) is 11.8. The predicted octanol–water partition coefficient (Wildman–Crippen LogP) is 10.2. The zero-order valence-electron chi connectivity index (χ0n) is 40.8. The number of phosphoric acid groups is 1. The maximum Gasteiger partial charge on any atom is 0.469 e. The number of ether oxygens (including phenoxy) is 1. The lowest BCUT2D eigenvalue weighted by Gasteiger charge is -2.22. The molecule has 0 aromatic heterocycles. The molecule has 0 spiro atoms. The lowest BCUT2D eigenvalue weighted by Crippen LogP contribution is -2.48. The summed E-state index contributed by atoms with van der Waals surface area (Å²) in [5.74, 6) is -1.76. The van der Waals surface area contributed by atoms with Crippen molar-refractivity contribution in [3.63, 3.8) is 0 Å². The minimum absolute atomic E-state index is 0.0327. The third kappa shape index (κ3) is 41.3. The van der Waals surface area contributed by atoms with Gasteiger partial charge in [-0.25, -0.2) is 4.57 Å². The van der Waals surface area contributed by atoms with Crippen LogP contribution in [0.1, 0.15) is 245 Å². The van der Waals surface area contributed by atoms with Gasteiger partial charge in [-0.15, -0.1) is 0 Å². The highest BCUT2D eigenvalue weighted by Crippen LogP contribution is 2.36. The Morgan fingerprint density at radius 2 is 1.00 bits per heavy atom. The summed E-state index contributed by atoms with van der Waals surface area (Å²) < 4.78 is 22.0. The molecule has 378 valence electrons. The molecule has 0 aliphatic rings. The van der Waals surface area contributed by atoms with E-state index in [1.165, 1.54) is 103 Å². The fourth-order valence-corrected chi connectivity index (χ4v) is 8.30. The van der Waals surface area contributed by atoms with Gasteiger partial charge in [-0.1, -0.05) is 181 Å². The van der Waals surface area contributed by atoms with Crippen LogP contribution in [0.5, 0.6) is 0 Å². The lowest BCUT2D eigenvalue weighted by atomic mass is 10.0. The van der Waals surface area contributed by atoms with E-state index in [1.54, 1.807) is 0 Å². The highest BCUT2D eigenvalue weighted by atomic mass is 31.2. The number of aliphatic hydroxyl groups excluding tert-OH is 2. The van der Waals surface area contributed by atoms with Gasteiger partial charge in [0.2, 0.25) is 17.7 Å². The van der Waals surface area contributed by atoms with Crippen LogP contribution in [0.15, 0.2) is 0 Å². The summed E-state index contributed by atoms with van der Waals surface area (Å²) >= 11 is 0. The summed E-state index contributed by atoms with van der Waals surface area (Å²) in [4.78, 5) is 70.7. The normalized spacial score (nSPS) is 13.5. The Balaban J connectivity index is 5.06. The Morgan fingerprint density at radius 3 is 1.48 bits per heavy atom. The van der Waals surface area contributed by atoms with Crippen molar-refractivity contribution in [1.29, 1.82) is 0 Å². The fourth-order valence-electron chi connectivity index (χ4n) is 7.93. The van der Waals surface area contributed by atoms with Crippen LogP contribution in [-0.2, 0) is 33.0 Å². The maximum absolute atomic E-state index is 13.3. The monoisotopic (exact) mass is 934 g/mol. The summed E-state index contributed by atoms with van der Waals surface area (Å²) in [6.07, 6.45) is 30.8. The Kier molecular flexibility index (Phi) is 42.1. The standard InChI is InChI=1S/C49H96N3O11P/c1-4-7-10-13-16-19-22-25-28-33-43(54)39-46(55)51-42(41-62-64(59,60)61)32-31-37-50-49(58)45(36-38-53)52-47(56)40-44(34-29-26-23-20-17-14-11-8-5-2)63-48(57)35-30-27-24-21-18-15-12-9-6-3/h42-45,53-54H,4-41H2,1-3H3,(H,50,58)(H,51,55)(H,52,56)(H2,59,60,61). The average molecular weight is 934 g/mol. The van der Waals surface area contributed by atoms with Crippen LogP contribution < -0.4 is 16.0 Å². The van der Waals surface area contributed by atoms with Crippen LogP contribution in [0.3, 0.4) is 0 Å². The number of amides is 3.